The molecule has 2 rings (SSSR count). The van der Waals surface area contributed by atoms with Crippen LogP contribution in [0, 0.1) is 0 Å². The maximum atomic E-state index is 12.6. The summed E-state index contributed by atoms with van der Waals surface area (Å²) >= 11 is 6.00. The summed E-state index contributed by atoms with van der Waals surface area (Å²) in [5.41, 5.74) is 1.42. The van der Waals surface area contributed by atoms with Crippen molar-refractivity contribution in [1.29, 1.82) is 0 Å². The highest BCUT2D eigenvalue weighted by Crippen LogP contribution is 2.35. The average Bonchev–Trinajstić information content (AvgIpc) is 2.59. The minimum atomic E-state index is -0.250. The molecule has 0 saturated heterocycles. The molecule has 0 heterocycles. The summed E-state index contributed by atoms with van der Waals surface area (Å²) in [4.78, 5) is 12.6. The van der Waals surface area contributed by atoms with Crippen LogP contribution in [-0.4, -0.2) is 17.6 Å². The van der Waals surface area contributed by atoms with E-state index >= 15 is 0 Å². The van der Waals surface area contributed by atoms with Crippen molar-refractivity contribution in [3.05, 3.63) is 58.6 Å². The van der Waals surface area contributed by atoms with Crippen molar-refractivity contribution >= 4 is 17.5 Å². The van der Waals surface area contributed by atoms with E-state index in [1.807, 2.05) is 30.3 Å². The Hall–Kier alpha value is -2.20. The molecule has 1 amide bonds. The Balaban J connectivity index is 2.24. The Labute approximate surface area is 147 Å². The molecule has 0 radical (unpaired) electrons. The number of rotatable bonds is 7. The van der Waals surface area contributed by atoms with E-state index < -0.39 is 0 Å². The van der Waals surface area contributed by atoms with E-state index in [1.165, 1.54) is 12.1 Å². The number of hydrogen-bond donors (Lipinski definition) is 2. The summed E-state index contributed by atoms with van der Waals surface area (Å²) in [6, 6.07) is 12.7. The molecule has 0 fully saturated rings. The van der Waals surface area contributed by atoms with Gasteiger partial charge in [-0.05, 0) is 31.0 Å². The summed E-state index contributed by atoms with van der Waals surface area (Å²) in [6.07, 6.45) is 1.78. The van der Waals surface area contributed by atoms with Crippen LogP contribution in [-0.2, 0) is 0 Å². The van der Waals surface area contributed by atoms with Crippen molar-refractivity contribution in [1.82, 2.24) is 5.32 Å². The van der Waals surface area contributed by atoms with E-state index in [9.17, 15) is 9.90 Å². The molecule has 0 aliphatic heterocycles. The standard InChI is InChI=1S/C19H22ClNO3/c1-3-8-16(13-9-6-5-7-10-13)21-19(23)14-11-15(20)18(22)17(12-14)24-4-2/h5-7,9-12,16,22H,3-4,8H2,1-2H3,(H,21,23). The van der Waals surface area contributed by atoms with Gasteiger partial charge in [-0.3, -0.25) is 4.79 Å². The quantitative estimate of drug-likeness (QED) is 0.762. The van der Waals surface area contributed by atoms with E-state index in [2.05, 4.69) is 12.2 Å². The van der Waals surface area contributed by atoms with Gasteiger partial charge < -0.3 is 15.2 Å². The Bertz CT molecular complexity index is 689. The molecular weight excluding hydrogens is 326 g/mol. The highest BCUT2D eigenvalue weighted by molar-refractivity contribution is 6.32. The Kier molecular flexibility index (Phi) is 6.50. The topological polar surface area (TPSA) is 58.6 Å². The van der Waals surface area contributed by atoms with Crippen molar-refractivity contribution < 1.29 is 14.6 Å². The highest BCUT2D eigenvalue weighted by Gasteiger charge is 2.18. The zero-order chi connectivity index (χ0) is 17.5. The monoisotopic (exact) mass is 347 g/mol. The summed E-state index contributed by atoms with van der Waals surface area (Å²) in [5, 5.41) is 13.0. The van der Waals surface area contributed by atoms with Crippen LogP contribution in [0.4, 0.5) is 0 Å². The van der Waals surface area contributed by atoms with E-state index in [0.29, 0.717) is 12.2 Å². The fraction of sp³-hybridized carbons (Fsp3) is 0.316. The van der Waals surface area contributed by atoms with Gasteiger partial charge in [0.15, 0.2) is 11.5 Å². The number of benzene rings is 2. The third-order valence-electron chi connectivity index (χ3n) is 3.68. The van der Waals surface area contributed by atoms with Crippen LogP contribution in [0.1, 0.15) is 48.7 Å². The fourth-order valence-corrected chi connectivity index (χ4v) is 2.72. The third kappa shape index (κ3) is 4.42. The van der Waals surface area contributed by atoms with Gasteiger partial charge in [0.2, 0.25) is 0 Å². The molecule has 0 saturated carbocycles. The van der Waals surface area contributed by atoms with Crippen molar-refractivity contribution in [3.63, 3.8) is 0 Å². The first-order valence-corrected chi connectivity index (χ1v) is 8.45. The van der Waals surface area contributed by atoms with E-state index in [0.717, 1.165) is 18.4 Å². The molecule has 0 aliphatic carbocycles. The number of amides is 1. The molecule has 2 N–H and O–H groups in total. The smallest absolute Gasteiger partial charge is 0.251 e. The van der Waals surface area contributed by atoms with Crippen molar-refractivity contribution in [2.75, 3.05) is 6.61 Å². The number of ether oxygens (including phenoxy) is 1. The zero-order valence-corrected chi connectivity index (χ0v) is 14.6. The zero-order valence-electron chi connectivity index (χ0n) is 13.9. The van der Waals surface area contributed by atoms with Crippen LogP contribution in [0.5, 0.6) is 11.5 Å². The van der Waals surface area contributed by atoms with Crippen LogP contribution in [0.15, 0.2) is 42.5 Å². The van der Waals surface area contributed by atoms with Gasteiger partial charge in [0.25, 0.3) is 5.91 Å². The van der Waals surface area contributed by atoms with Gasteiger partial charge in [0, 0.05) is 5.56 Å². The maximum absolute atomic E-state index is 12.6. The molecule has 1 unspecified atom stereocenters. The van der Waals surface area contributed by atoms with Gasteiger partial charge in [-0.25, -0.2) is 0 Å². The van der Waals surface area contributed by atoms with E-state index in [-0.39, 0.29) is 28.5 Å². The third-order valence-corrected chi connectivity index (χ3v) is 3.96. The predicted octanol–water partition coefficient (Wildman–Crippen LogP) is 4.72. The molecule has 128 valence electrons. The number of hydrogen-bond acceptors (Lipinski definition) is 3. The Morgan fingerprint density at radius 3 is 2.58 bits per heavy atom. The van der Waals surface area contributed by atoms with Crippen LogP contribution in [0.25, 0.3) is 0 Å². The van der Waals surface area contributed by atoms with Crippen LogP contribution in [0.3, 0.4) is 0 Å². The normalized spacial score (nSPS) is 11.8. The number of carbonyl (C=O) groups excluding carboxylic acids is 1. The average molecular weight is 348 g/mol. The molecule has 24 heavy (non-hydrogen) atoms. The molecule has 0 aromatic heterocycles. The van der Waals surface area contributed by atoms with Crippen molar-refractivity contribution in [2.45, 2.75) is 32.7 Å². The SMILES string of the molecule is CCCC(NC(=O)c1cc(Cl)c(O)c(OCC)c1)c1ccccc1. The molecule has 4 nitrogen and oxygen atoms in total. The molecule has 1 atom stereocenters. The first kappa shape index (κ1) is 18.1. The largest absolute Gasteiger partial charge is 0.503 e. The predicted molar refractivity (Wildman–Crippen MR) is 95.8 cm³/mol. The molecule has 0 aliphatic rings. The highest BCUT2D eigenvalue weighted by atomic mass is 35.5. The first-order valence-electron chi connectivity index (χ1n) is 8.07. The number of carbonyl (C=O) groups is 1. The minimum Gasteiger partial charge on any atom is -0.503 e. The first-order chi connectivity index (χ1) is 11.6. The second-order valence-corrected chi connectivity index (χ2v) is 5.87. The number of phenolic OH excluding ortho intramolecular Hbond substituents is 1. The number of aromatic hydroxyl groups is 1. The lowest BCUT2D eigenvalue weighted by Gasteiger charge is -2.19. The second kappa shape index (κ2) is 8.60. The van der Waals surface area contributed by atoms with Gasteiger partial charge in [-0.1, -0.05) is 55.3 Å². The van der Waals surface area contributed by atoms with Gasteiger partial charge >= 0.3 is 0 Å². The van der Waals surface area contributed by atoms with Crippen molar-refractivity contribution in [3.8, 4) is 11.5 Å². The van der Waals surface area contributed by atoms with E-state index in [4.69, 9.17) is 16.3 Å². The summed E-state index contributed by atoms with van der Waals surface area (Å²) < 4.78 is 5.33. The Morgan fingerprint density at radius 1 is 1.25 bits per heavy atom. The molecule has 0 bridgehead atoms. The summed E-state index contributed by atoms with van der Waals surface area (Å²) in [6.45, 7) is 4.25. The van der Waals surface area contributed by atoms with Crippen LogP contribution >= 0.6 is 11.6 Å². The minimum absolute atomic E-state index is 0.0770. The fourth-order valence-electron chi connectivity index (χ4n) is 2.51. The van der Waals surface area contributed by atoms with Gasteiger partial charge in [-0.15, -0.1) is 0 Å². The lowest BCUT2D eigenvalue weighted by Crippen LogP contribution is -2.28. The number of nitrogens with one attached hydrogen (secondary N) is 1. The maximum Gasteiger partial charge on any atom is 0.251 e. The molecular formula is C19H22ClNO3. The number of phenols is 1. The van der Waals surface area contributed by atoms with Crippen LogP contribution < -0.4 is 10.1 Å². The lowest BCUT2D eigenvalue weighted by molar-refractivity contribution is 0.0934. The molecule has 2 aromatic rings. The van der Waals surface area contributed by atoms with Crippen molar-refractivity contribution in [2.24, 2.45) is 0 Å². The summed E-state index contributed by atoms with van der Waals surface area (Å²) in [5.74, 6) is -0.190. The van der Waals surface area contributed by atoms with Gasteiger partial charge in [0.1, 0.15) is 0 Å². The van der Waals surface area contributed by atoms with Gasteiger partial charge in [0.05, 0.1) is 17.7 Å². The molecule has 5 heteroatoms. The van der Waals surface area contributed by atoms with Gasteiger partial charge in [-0.2, -0.15) is 0 Å². The molecule has 2 aromatic carbocycles. The number of halogens is 1. The summed E-state index contributed by atoms with van der Waals surface area (Å²) in [7, 11) is 0. The second-order valence-electron chi connectivity index (χ2n) is 5.46. The van der Waals surface area contributed by atoms with E-state index in [1.54, 1.807) is 6.92 Å². The Morgan fingerprint density at radius 2 is 1.96 bits per heavy atom. The molecule has 0 spiro atoms. The van der Waals surface area contributed by atoms with Crippen LogP contribution in [0.2, 0.25) is 5.02 Å². The lowest BCUT2D eigenvalue weighted by atomic mass is 10.0.